The van der Waals surface area contributed by atoms with Gasteiger partial charge in [-0.15, -0.1) is 0 Å². The van der Waals surface area contributed by atoms with Crippen LogP contribution in [-0.4, -0.2) is 4.76 Å². The summed E-state index contributed by atoms with van der Waals surface area (Å²) >= 11 is 1.60. The van der Waals surface area contributed by atoms with Crippen LogP contribution in [0.2, 0.25) is 0 Å². The lowest BCUT2D eigenvalue weighted by atomic mass is 10.1. The maximum absolute atomic E-state index is 13.4. The minimum Gasteiger partial charge on any atom is -0.375 e. The molecule has 5 heteroatoms. The zero-order valence-electron chi connectivity index (χ0n) is 13.0. The van der Waals surface area contributed by atoms with E-state index in [-0.39, 0.29) is 5.83 Å². The lowest BCUT2D eigenvalue weighted by Crippen LogP contribution is -2.15. The zero-order valence-corrected chi connectivity index (χ0v) is 13.8. The van der Waals surface area contributed by atoms with Gasteiger partial charge in [0.05, 0.1) is 10.3 Å². The molecule has 1 N–H and O–H groups in total. The fourth-order valence-corrected chi connectivity index (χ4v) is 4.14. The quantitative estimate of drug-likeness (QED) is 0.594. The van der Waals surface area contributed by atoms with Crippen LogP contribution in [0.25, 0.3) is 0 Å². The number of hydrogen-bond acceptors (Lipinski definition) is 3. The first-order chi connectivity index (χ1) is 10.7. The van der Waals surface area contributed by atoms with Crippen LogP contribution in [0.3, 0.4) is 0 Å². The van der Waals surface area contributed by atoms with Gasteiger partial charge in [0.25, 0.3) is 5.70 Å². The van der Waals surface area contributed by atoms with Crippen molar-refractivity contribution in [1.29, 1.82) is 0 Å². The van der Waals surface area contributed by atoms with E-state index in [1.165, 1.54) is 36.6 Å². The van der Waals surface area contributed by atoms with Crippen LogP contribution in [0.4, 0.5) is 9.39 Å². The molecule has 2 heterocycles. The molecule has 0 saturated heterocycles. The third-order valence-corrected chi connectivity index (χ3v) is 5.43. The zero-order chi connectivity index (χ0) is 15.5. The smallest absolute Gasteiger partial charge is 0.323 e. The van der Waals surface area contributed by atoms with Crippen LogP contribution in [0, 0.1) is 4.91 Å². The number of rotatable bonds is 5. The van der Waals surface area contributed by atoms with Gasteiger partial charge in [-0.2, -0.15) is 0 Å². The van der Waals surface area contributed by atoms with Gasteiger partial charge in [-0.3, -0.25) is 0 Å². The van der Waals surface area contributed by atoms with E-state index in [1.54, 1.807) is 11.3 Å². The number of nitrogens with zero attached hydrogens (tertiary/aromatic N) is 1. The lowest BCUT2D eigenvalue weighted by Gasteiger charge is -2.09. The number of allylic oxidation sites excluding steroid dienone is 3. The summed E-state index contributed by atoms with van der Waals surface area (Å²) in [6.45, 7) is 2.81. The highest BCUT2D eigenvalue weighted by Crippen LogP contribution is 2.38. The molecule has 3 nitrogen and oxygen atoms in total. The Balaban J connectivity index is 1.77. The monoisotopic (exact) mass is 321 g/mol. The normalized spacial score (nSPS) is 17.5. The van der Waals surface area contributed by atoms with Crippen molar-refractivity contribution in [2.75, 3.05) is 0 Å². The predicted octanol–water partition coefficient (Wildman–Crippen LogP) is 5.24. The summed E-state index contributed by atoms with van der Waals surface area (Å²) < 4.78 is 14.4. The van der Waals surface area contributed by atoms with Crippen LogP contribution in [0.5, 0.6) is 0 Å². The van der Waals surface area contributed by atoms with E-state index in [4.69, 9.17) is 0 Å². The van der Waals surface area contributed by atoms with Crippen molar-refractivity contribution in [3.8, 4) is 0 Å². The molecular formula is C17H22FN2OS+. The van der Waals surface area contributed by atoms with Gasteiger partial charge in [0, 0.05) is 29.2 Å². The van der Waals surface area contributed by atoms with E-state index in [1.807, 2.05) is 0 Å². The minimum absolute atomic E-state index is 0.151. The van der Waals surface area contributed by atoms with Gasteiger partial charge < -0.3 is 5.32 Å². The van der Waals surface area contributed by atoms with Gasteiger partial charge in [0.1, 0.15) is 11.5 Å². The van der Waals surface area contributed by atoms with Crippen molar-refractivity contribution in [2.45, 2.75) is 58.4 Å². The third kappa shape index (κ3) is 3.14. The van der Waals surface area contributed by atoms with Crippen molar-refractivity contribution in [3.63, 3.8) is 0 Å². The first kappa shape index (κ1) is 15.4. The highest BCUT2D eigenvalue weighted by atomic mass is 32.1. The molecule has 1 aliphatic heterocycles. The van der Waals surface area contributed by atoms with Gasteiger partial charge >= 0.3 is 5.00 Å². The molecule has 0 aromatic carbocycles. The molecule has 0 radical (unpaired) electrons. The summed E-state index contributed by atoms with van der Waals surface area (Å²) in [4.78, 5) is 13.9. The minimum atomic E-state index is -0.151. The molecule has 1 aromatic heterocycles. The van der Waals surface area contributed by atoms with Gasteiger partial charge in [-0.1, -0.05) is 37.5 Å². The Morgan fingerprint density at radius 3 is 3.00 bits per heavy atom. The Hall–Kier alpha value is -1.49. The molecule has 0 atom stereocenters. The lowest BCUT2D eigenvalue weighted by molar-refractivity contribution is -0.407. The van der Waals surface area contributed by atoms with E-state index >= 15 is 0 Å². The molecular weight excluding hydrogens is 299 g/mol. The maximum Gasteiger partial charge on any atom is 0.323 e. The Morgan fingerprint density at radius 1 is 1.32 bits per heavy atom. The number of hydrogen-bond donors (Lipinski definition) is 1. The third-order valence-electron chi connectivity index (χ3n) is 4.23. The van der Waals surface area contributed by atoms with Crippen molar-refractivity contribution in [2.24, 2.45) is 0 Å². The molecule has 0 bridgehead atoms. The Kier molecular flexibility index (Phi) is 4.71. The van der Waals surface area contributed by atoms with Gasteiger partial charge in [0.2, 0.25) is 0 Å². The number of halogens is 1. The summed E-state index contributed by atoms with van der Waals surface area (Å²) in [6.07, 6.45) is 8.24. The second-order valence-electron chi connectivity index (χ2n) is 5.95. The maximum atomic E-state index is 13.4. The Labute approximate surface area is 134 Å². The SMILES string of the molecule is CCCCCCc1cc2c(s1)[N+](=O)C1=C(C=C(F)CC1)NC2. The average molecular weight is 321 g/mol. The molecule has 118 valence electrons. The number of thiophene rings is 1. The van der Waals surface area contributed by atoms with E-state index < -0.39 is 0 Å². The number of unbranched alkanes of at least 4 members (excludes halogenated alkanes) is 3. The summed E-state index contributed by atoms with van der Waals surface area (Å²) in [7, 11) is 0. The van der Waals surface area contributed by atoms with E-state index in [0.717, 1.165) is 21.7 Å². The molecule has 3 rings (SSSR count). The predicted molar refractivity (Wildman–Crippen MR) is 87.7 cm³/mol. The molecule has 0 fully saturated rings. The van der Waals surface area contributed by atoms with Crippen LogP contribution < -0.4 is 5.32 Å². The van der Waals surface area contributed by atoms with Crippen LogP contribution >= 0.6 is 11.3 Å². The van der Waals surface area contributed by atoms with Gasteiger partial charge in [-0.05, 0) is 25.0 Å². The molecule has 0 amide bonds. The number of fused-ring (bicyclic) bond motifs is 1. The molecule has 2 aliphatic rings. The van der Waals surface area contributed by atoms with Crippen molar-refractivity contribution < 1.29 is 9.15 Å². The molecule has 1 aromatic rings. The average Bonchev–Trinajstić information content (AvgIpc) is 2.87. The highest BCUT2D eigenvalue weighted by molar-refractivity contribution is 7.15. The highest BCUT2D eigenvalue weighted by Gasteiger charge is 2.35. The van der Waals surface area contributed by atoms with Crippen LogP contribution in [0.15, 0.2) is 29.4 Å². The summed E-state index contributed by atoms with van der Waals surface area (Å²) in [6, 6.07) is 2.14. The van der Waals surface area contributed by atoms with E-state index in [9.17, 15) is 9.30 Å². The standard InChI is InChI=1S/C17H22FN2OS/c1-2-3-4-5-6-14-9-12-11-19-15-10-13(18)7-8-16(15)20(21)17(12)22-14/h9-10,19H,2-8,11H2,1H3/q+1. The van der Waals surface area contributed by atoms with Crippen molar-refractivity contribution in [3.05, 3.63) is 44.7 Å². The van der Waals surface area contributed by atoms with Gasteiger partial charge in [-0.25, -0.2) is 4.39 Å². The van der Waals surface area contributed by atoms with Crippen molar-refractivity contribution in [1.82, 2.24) is 5.32 Å². The van der Waals surface area contributed by atoms with Crippen LogP contribution in [-0.2, 0) is 13.0 Å². The molecule has 22 heavy (non-hydrogen) atoms. The molecule has 0 unspecified atom stereocenters. The van der Waals surface area contributed by atoms with Crippen LogP contribution in [0.1, 0.15) is 55.9 Å². The topological polar surface area (TPSA) is 32.1 Å². The Bertz CT molecular complexity index is 645. The number of nitroso groups, excluding NO2 is 1. The van der Waals surface area contributed by atoms with E-state index in [2.05, 4.69) is 18.3 Å². The summed E-state index contributed by atoms with van der Waals surface area (Å²) in [5.74, 6) is -0.151. The Morgan fingerprint density at radius 2 is 2.18 bits per heavy atom. The van der Waals surface area contributed by atoms with Crippen molar-refractivity contribution >= 4 is 16.3 Å². The van der Waals surface area contributed by atoms with Gasteiger partial charge in [0.15, 0.2) is 0 Å². The largest absolute Gasteiger partial charge is 0.375 e. The molecule has 0 saturated carbocycles. The number of nitrogens with one attached hydrogen (secondary N) is 1. The summed E-state index contributed by atoms with van der Waals surface area (Å²) in [5.41, 5.74) is 2.35. The molecule has 1 aliphatic carbocycles. The second-order valence-corrected chi connectivity index (χ2v) is 7.07. The first-order valence-corrected chi connectivity index (χ1v) is 8.92. The van der Waals surface area contributed by atoms with E-state index in [0.29, 0.717) is 30.8 Å². The summed E-state index contributed by atoms with van der Waals surface area (Å²) in [5, 5.41) is 4.00. The first-order valence-electron chi connectivity index (χ1n) is 8.11. The fourth-order valence-electron chi connectivity index (χ4n) is 2.98. The number of aryl methyl sites for hydroxylation is 1. The molecule has 0 spiro atoms. The second kappa shape index (κ2) is 6.73. The fraction of sp³-hybridized carbons (Fsp3) is 0.529.